The van der Waals surface area contributed by atoms with Crippen LogP contribution in [0.1, 0.15) is 10.4 Å². The SMILES string of the molecule is O=C(Cn1cccc(C(=O)O)c1=O)Nc1cccc(Br)c1. The predicted octanol–water partition coefficient (Wildman–Crippen LogP) is 1.95. The molecule has 6 nitrogen and oxygen atoms in total. The van der Waals surface area contributed by atoms with E-state index in [1.165, 1.54) is 18.3 Å². The Morgan fingerprint density at radius 2 is 2.00 bits per heavy atom. The number of hydrogen-bond acceptors (Lipinski definition) is 3. The molecule has 21 heavy (non-hydrogen) atoms. The van der Waals surface area contributed by atoms with Crippen molar-refractivity contribution in [1.29, 1.82) is 0 Å². The van der Waals surface area contributed by atoms with Crippen molar-refractivity contribution in [3.8, 4) is 0 Å². The fourth-order valence-electron chi connectivity index (χ4n) is 1.75. The van der Waals surface area contributed by atoms with Gasteiger partial charge in [-0.1, -0.05) is 22.0 Å². The molecule has 0 saturated carbocycles. The first-order valence-corrected chi connectivity index (χ1v) is 6.75. The molecule has 0 fully saturated rings. The number of carbonyl (C=O) groups excluding carboxylic acids is 1. The van der Waals surface area contributed by atoms with E-state index in [2.05, 4.69) is 21.2 Å². The van der Waals surface area contributed by atoms with E-state index in [0.29, 0.717) is 5.69 Å². The lowest BCUT2D eigenvalue weighted by Crippen LogP contribution is -2.30. The molecule has 0 unspecified atom stereocenters. The van der Waals surface area contributed by atoms with Crippen molar-refractivity contribution in [2.45, 2.75) is 6.54 Å². The summed E-state index contributed by atoms with van der Waals surface area (Å²) in [5, 5.41) is 11.5. The molecule has 1 aromatic carbocycles. The molecule has 2 N–H and O–H groups in total. The molecule has 108 valence electrons. The van der Waals surface area contributed by atoms with Crippen molar-refractivity contribution in [2.75, 3.05) is 5.32 Å². The molecule has 0 bridgehead atoms. The zero-order valence-corrected chi connectivity index (χ0v) is 12.3. The Morgan fingerprint density at radius 1 is 1.24 bits per heavy atom. The number of aromatic carboxylic acids is 1. The number of pyridine rings is 1. The highest BCUT2D eigenvalue weighted by atomic mass is 79.9. The lowest BCUT2D eigenvalue weighted by Gasteiger charge is -2.08. The third kappa shape index (κ3) is 3.79. The van der Waals surface area contributed by atoms with Crippen LogP contribution in [-0.4, -0.2) is 21.6 Å². The molecule has 1 aromatic heterocycles. The van der Waals surface area contributed by atoms with Gasteiger partial charge in [0.15, 0.2) is 0 Å². The first kappa shape index (κ1) is 15.0. The number of carboxylic acid groups (broad SMARTS) is 1. The molecule has 0 atom stereocenters. The summed E-state index contributed by atoms with van der Waals surface area (Å²) in [6, 6.07) is 9.62. The second kappa shape index (κ2) is 6.36. The molecule has 2 rings (SSSR count). The fourth-order valence-corrected chi connectivity index (χ4v) is 2.14. The Balaban J connectivity index is 2.15. The predicted molar refractivity (Wildman–Crippen MR) is 80.4 cm³/mol. The van der Waals surface area contributed by atoms with Crippen LogP contribution in [0.15, 0.2) is 51.9 Å². The minimum absolute atomic E-state index is 0.257. The van der Waals surface area contributed by atoms with Crippen LogP contribution in [0.2, 0.25) is 0 Å². The summed E-state index contributed by atoms with van der Waals surface area (Å²) >= 11 is 3.28. The number of aromatic nitrogens is 1. The largest absolute Gasteiger partial charge is 0.477 e. The Hall–Kier alpha value is -2.41. The number of rotatable bonds is 4. The maximum Gasteiger partial charge on any atom is 0.341 e. The highest BCUT2D eigenvalue weighted by Crippen LogP contribution is 2.15. The van der Waals surface area contributed by atoms with Crippen LogP contribution in [0, 0.1) is 0 Å². The highest BCUT2D eigenvalue weighted by molar-refractivity contribution is 9.10. The maximum atomic E-state index is 11.9. The van der Waals surface area contributed by atoms with Crippen molar-refractivity contribution in [3.63, 3.8) is 0 Å². The average Bonchev–Trinajstić information content (AvgIpc) is 2.40. The summed E-state index contributed by atoms with van der Waals surface area (Å²) in [5.41, 5.74) is -0.501. The summed E-state index contributed by atoms with van der Waals surface area (Å²) in [4.78, 5) is 34.6. The number of carboxylic acids is 1. The number of carbonyl (C=O) groups is 2. The molecule has 0 radical (unpaired) electrons. The van der Waals surface area contributed by atoms with Crippen LogP contribution in [0.25, 0.3) is 0 Å². The minimum atomic E-state index is -1.32. The monoisotopic (exact) mass is 350 g/mol. The third-order valence-corrected chi connectivity index (χ3v) is 3.17. The first-order chi connectivity index (χ1) is 9.97. The standard InChI is InChI=1S/C14H11BrN2O4/c15-9-3-1-4-10(7-9)16-12(18)8-17-6-2-5-11(13(17)19)14(20)21/h1-7H,8H2,(H,16,18)(H,20,21). The molecule has 0 aliphatic rings. The lowest BCUT2D eigenvalue weighted by atomic mass is 10.3. The van der Waals surface area contributed by atoms with E-state index in [0.717, 1.165) is 9.04 Å². The number of nitrogens with one attached hydrogen (secondary N) is 1. The molecule has 2 aromatic rings. The van der Waals surface area contributed by atoms with Gasteiger partial charge in [0.1, 0.15) is 12.1 Å². The second-order valence-corrected chi connectivity index (χ2v) is 5.13. The van der Waals surface area contributed by atoms with E-state index < -0.39 is 17.4 Å². The molecule has 1 amide bonds. The van der Waals surface area contributed by atoms with Gasteiger partial charge >= 0.3 is 5.97 Å². The van der Waals surface area contributed by atoms with Gasteiger partial charge in [0.05, 0.1) is 0 Å². The summed E-state index contributed by atoms with van der Waals surface area (Å²) in [6.45, 7) is -0.257. The van der Waals surface area contributed by atoms with Gasteiger partial charge in [0.25, 0.3) is 5.56 Å². The van der Waals surface area contributed by atoms with E-state index in [9.17, 15) is 14.4 Å². The summed E-state index contributed by atoms with van der Waals surface area (Å²) in [7, 11) is 0. The number of amides is 1. The molecule has 0 aliphatic carbocycles. The van der Waals surface area contributed by atoms with Gasteiger partial charge in [-0.15, -0.1) is 0 Å². The Morgan fingerprint density at radius 3 is 2.67 bits per heavy atom. The van der Waals surface area contributed by atoms with Crippen LogP contribution < -0.4 is 10.9 Å². The van der Waals surface area contributed by atoms with Crippen LogP contribution in [0.5, 0.6) is 0 Å². The van der Waals surface area contributed by atoms with Gasteiger partial charge in [-0.2, -0.15) is 0 Å². The molecule has 1 heterocycles. The molecule has 7 heteroatoms. The molecular weight excluding hydrogens is 340 g/mol. The fraction of sp³-hybridized carbons (Fsp3) is 0.0714. The van der Waals surface area contributed by atoms with Crippen molar-refractivity contribution in [3.05, 3.63) is 63.0 Å². The van der Waals surface area contributed by atoms with Gasteiger partial charge in [-0.3, -0.25) is 9.59 Å². The number of nitrogens with zero attached hydrogens (tertiary/aromatic N) is 1. The number of halogens is 1. The molecule has 0 aliphatic heterocycles. The zero-order valence-electron chi connectivity index (χ0n) is 10.7. The maximum absolute atomic E-state index is 11.9. The third-order valence-electron chi connectivity index (χ3n) is 2.67. The number of hydrogen-bond donors (Lipinski definition) is 2. The van der Waals surface area contributed by atoms with Crippen molar-refractivity contribution in [1.82, 2.24) is 4.57 Å². The quantitative estimate of drug-likeness (QED) is 0.881. The van der Waals surface area contributed by atoms with Crippen LogP contribution >= 0.6 is 15.9 Å². The van der Waals surface area contributed by atoms with Gasteiger partial charge in [-0.05, 0) is 30.3 Å². The van der Waals surface area contributed by atoms with E-state index >= 15 is 0 Å². The van der Waals surface area contributed by atoms with Crippen molar-refractivity contribution >= 4 is 33.5 Å². The Labute approximate surface area is 128 Å². The number of benzene rings is 1. The van der Waals surface area contributed by atoms with Crippen molar-refractivity contribution in [2.24, 2.45) is 0 Å². The van der Waals surface area contributed by atoms with Crippen LogP contribution in [0.3, 0.4) is 0 Å². The van der Waals surface area contributed by atoms with E-state index in [1.54, 1.807) is 18.2 Å². The Bertz CT molecular complexity index is 755. The minimum Gasteiger partial charge on any atom is -0.477 e. The Kier molecular flexibility index (Phi) is 4.54. The van der Waals surface area contributed by atoms with Gasteiger partial charge in [-0.25, -0.2) is 4.79 Å². The summed E-state index contributed by atoms with van der Waals surface area (Å²) < 4.78 is 1.86. The molecule has 0 saturated heterocycles. The van der Waals surface area contributed by atoms with E-state index in [1.807, 2.05) is 6.07 Å². The first-order valence-electron chi connectivity index (χ1n) is 5.95. The average molecular weight is 351 g/mol. The van der Waals surface area contributed by atoms with Gasteiger partial charge < -0.3 is 15.0 Å². The van der Waals surface area contributed by atoms with Crippen LogP contribution in [-0.2, 0) is 11.3 Å². The molecule has 0 spiro atoms. The van der Waals surface area contributed by atoms with Gasteiger partial charge in [0.2, 0.25) is 5.91 Å². The zero-order chi connectivity index (χ0) is 15.4. The summed E-state index contributed by atoms with van der Waals surface area (Å²) in [6.07, 6.45) is 1.37. The van der Waals surface area contributed by atoms with E-state index in [4.69, 9.17) is 5.11 Å². The van der Waals surface area contributed by atoms with Gasteiger partial charge in [0, 0.05) is 16.4 Å². The normalized spacial score (nSPS) is 10.1. The number of anilines is 1. The van der Waals surface area contributed by atoms with Crippen LogP contribution in [0.4, 0.5) is 5.69 Å². The smallest absolute Gasteiger partial charge is 0.341 e. The topological polar surface area (TPSA) is 88.4 Å². The van der Waals surface area contributed by atoms with E-state index in [-0.39, 0.29) is 12.1 Å². The molecular formula is C14H11BrN2O4. The lowest BCUT2D eigenvalue weighted by molar-refractivity contribution is -0.116. The second-order valence-electron chi connectivity index (χ2n) is 4.22. The van der Waals surface area contributed by atoms with Crippen molar-refractivity contribution < 1.29 is 14.7 Å². The summed E-state index contributed by atoms with van der Waals surface area (Å²) in [5.74, 6) is -1.74. The highest BCUT2D eigenvalue weighted by Gasteiger charge is 2.12.